The van der Waals surface area contributed by atoms with Crippen LogP contribution in [0.2, 0.25) is 0 Å². The second-order valence-electron chi connectivity index (χ2n) is 4.37. The number of carbonyl (C=O) groups is 1. The maximum absolute atomic E-state index is 11.7. The van der Waals surface area contributed by atoms with E-state index >= 15 is 0 Å². The van der Waals surface area contributed by atoms with Gasteiger partial charge < -0.3 is 10.5 Å². The lowest BCUT2D eigenvalue weighted by atomic mass is 10.2. The van der Waals surface area contributed by atoms with E-state index in [0.717, 1.165) is 0 Å². The maximum atomic E-state index is 11.7. The smallest absolute Gasteiger partial charge is 0.415 e. The minimum absolute atomic E-state index is 0.259. The highest BCUT2D eigenvalue weighted by Crippen LogP contribution is 2.26. The fourth-order valence-electron chi connectivity index (χ4n) is 1.07. The molecule has 0 saturated heterocycles. The first-order valence-electron chi connectivity index (χ1n) is 4.72. The van der Waals surface area contributed by atoms with Crippen LogP contribution in [0, 0.1) is 0 Å². The summed E-state index contributed by atoms with van der Waals surface area (Å²) in [5.41, 5.74) is 5.13. The first-order valence-corrected chi connectivity index (χ1v) is 5.48. The fourth-order valence-corrected chi connectivity index (χ4v) is 1.41. The Morgan fingerprint density at radius 3 is 2.50 bits per heavy atom. The Morgan fingerprint density at radius 1 is 1.44 bits per heavy atom. The Hall–Kier alpha value is -0.710. The third-order valence-corrected chi connectivity index (χ3v) is 2.45. The number of ether oxygens (including phenoxy) is 1. The van der Waals surface area contributed by atoms with E-state index in [1.807, 2.05) is 0 Å². The minimum atomic E-state index is -0.662. The van der Waals surface area contributed by atoms with Crippen LogP contribution in [0.5, 0.6) is 0 Å². The molecule has 16 heavy (non-hydrogen) atoms. The number of nitrogens with zero attached hydrogens (tertiary/aromatic N) is 1. The molecule has 0 fully saturated rings. The molecule has 0 aliphatic carbocycles. The van der Waals surface area contributed by atoms with Gasteiger partial charge in [-0.2, -0.15) is 0 Å². The van der Waals surface area contributed by atoms with E-state index in [1.54, 1.807) is 20.8 Å². The molecule has 0 radical (unpaired) electrons. The summed E-state index contributed by atoms with van der Waals surface area (Å²) in [4.78, 5) is 12.9. The summed E-state index contributed by atoms with van der Waals surface area (Å²) >= 11 is 11.6. The Morgan fingerprint density at radius 2 is 2.00 bits per heavy atom. The van der Waals surface area contributed by atoms with Crippen LogP contribution in [0.4, 0.5) is 4.79 Å². The van der Waals surface area contributed by atoms with E-state index in [-0.39, 0.29) is 5.03 Å². The van der Waals surface area contributed by atoms with Crippen LogP contribution in [-0.4, -0.2) is 22.8 Å². The van der Waals surface area contributed by atoms with Gasteiger partial charge in [0.05, 0.1) is 10.1 Å². The van der Waals surface area contributed by atoms with E-state index in [9.17, 15) is 4.79 Å². The molecule has 6 heteroatoms. The fraction of sp³-hybridized carbons (Fsp3) is 0.500. The van der Waals surface area contributed by atoms with Crippen molar-refractivity contribution >= 4 is 29.3 Å². The number of amides is 1. The van der Waals surface area contributed by atoms with Crippen molar-refractivity contribution in [2.45, 2.75) is 32.5 Å². The number of carbonyl (C=O) groups excluding carboxylic acids is 1. The minimum Gasteiger partial charge on any atom is -0.443 e. The lowest BCUT2D eigenvalue weighted by Gasteiger charge is -2.30. The third-order valence-electron chi connectivity index (χ3n) is 1.72. The highest BCUT2D eigenvalue weighted by atomic mass is 35.5. The summed E-state index contributed by atoms with van der Waals surface area (Å²) in [7, 11) is 0. The first-order chi connectivity index (χ1) is 7.20. The summed E-state index contributed by atoms with van der Waals surface area (Å²) in [5, 5.41) is 0.586. The molecule has 0 saturated carbocycles. The van der Waals surface area contributed by atoms with Gasteiger partial charge in [-0.3, -0.25) is 4.90 Å². The molecule has 0 aromatic carbocycles. The van der Waals surface area contributed by atoms with Crippen molar-refractivity contribution in [1.29, 1.82) is 0 Å². The lowest BCUT2D eigenvalue weighted by Crippen LogP contribution is -2.45. The second kappa shape index (κ2) is 4.65. The molecule has 0 aromatic heterocycles. The molecular formula is C10H14Cl2N2O2. The van der Waals surface area contributed by atoms with Crippen molar-refractivity contribution in [3.8, 4) is 0 Å². The summed E-state index contributed by atoms with van der Waals surface area (Å²) < 4.78 is 5.16. The zero-order valence-electron chi connectivity index (χ0n) is 9.33. The van der Waals surface area contributed by atoms with Crippen LogP contribution in [0.15, 0.2) is 22.3 Å². The Balaban J connectivity index is 2.80. The number of nitrogens with two attached hydrogens (primary N) is 1. The normalized spacial score (nSPS) is 21.4. The third kappa shape index (κ3) is 3.40. The lowest BCUT2D eigenvalue weighted by molar-refractivity contribution is 0.0297. The second-order valence-corrected chi connectivity index (χ2v) is 5.18. The van der Waals surface area contributed by atoms with E-state index in [4.69, 9.17) is 33.7 Å². The van der Waals surface area contributed by atoms with Gasteiger partial charge in [0.1, 0.15) is 11.8 Å². The van der Waals surface area contributed by atoms with Crippen LogP contribution < -0.4 is 5.73 Å². The number of halogens is 2. The predicted octanol–water partition coefficient (Wildman–Crippen LogP) is 2.72. The molecule has 1 amide bonds. The highest BCUT2D eigenvalue weighted by molar-refractivity contribution is 6.44. The number of allylic oxidation sites excluding steroid dienone is 2. The molecule has 1 atom stereocenters. The Kier molecular flexibility index (Phi) is 3.88. The van der Waals surface area contributed by atoms with Gasteiger partial charge in [0.2, 0.25) is 0 Å². The monoisotopic (exact) mass is 264 g/mol. The molecule has 1 aliphatic rings. The molecule has 0 spiro atoms. The quantitative estimate of drug-likeness (QED) is 0.732. The van der Waals surface area contributed by atoms with Crippen molar-refractivity contribution in [2.75, 3.05) is 0 Å². The molecule has 1 heterocycles. The number of hydrogen-bond donors (Lipinski definition) is 1. The van der Waals surface area contributed by atoms with Crippen LogP contribution >= 0.6 is 23.2 Å². The molecule has 0 aromatic rings. The average molecular weight is 265 g/mol. The van der Waals surface area contributed by atoms with Gasteiger partial charge in [0.15, 0.2) is 0 Å². The molecule has 1 unspecified atom stereocenters. The van der Waals surface area contributed by atoms with E-state index in [2.05, 4.69) is 0 Å². The highest BCUT2D eigenvalue weighted by Gasteiger charge is 2.27. The Bertz CT molecular complexity index is 358. The van der Waals surface area contributed by atoms with Crippen LogP contribution in [0.25, 0.3) is 0 Å². The number of hydrogen-bond acceptors (Lipinski definition) is 3. The van der Waals surface area contributed by atoms with Crippen molar-refractivity contribution < 1.29 is 9.53 Å². The van der Waals surface area contributed by atoms with E-state index < -0.39 is 17.9 Å². The van der Waals surface area contributed by atoms with Gasteiger partial charge >= 0.3 is 6.09 Å². The summed E-state index contributed by atoms with van der Waals surface area (Å²) in [6.45, 7) is 5.32. The van der Waals surface area contributed by atoms with Gasteiger partial charge in [0.25, 0.3) is 0 Å². The average Bonchev–Trinajstić information content (AvgIpc) is 2.08. The SMILES string of the molecule is CC(C)(C)OC(=O)N1C=C(Cl)C(Cl)=CC1N. The first kappa shape index (κ1) is 13.4. The van der Waals surface area contributed by atoms with Gasteiger partial charge in [0, 0.05) is 6.20 Å². The molecule has 90 valence electrons. The van der Waals surface area contributed by atoms with Crippen molar-refractivity contribution in [1.82, 2.24) is 4.90 Å². The van der Waals surface area contributed by atoms with Gasteiger partial charge in [-0.05, 0) is 26.8 Å². The molecule has 2 N–H and O–H groups in total. The Labute approximate surface area is 105 Å². The molecule has 1 aliphatic heterocycles. The van der Waals surface area contributed by atoms with Gasteiger partial charge in [-0.15, -0.1) is 0 Å². The zero-order valence-corrected chi connectivity index (χ0v) is 10.8. The predicted molar refractivity (Wildman–Crippen MR) is 63.9 cm³/mol. The van der Waals surface area contributed by atoms with E-state index in [1.165, 1.54) is 17.2 Å². The maximum Gasteiger partial charge on any atom is 0.415 e. The van der Waals surface area contributed by atoms with Crippen molar-refractivity contribution in [3.63, 3.8) is 0 Å². The number of rotatable bonds is 0. The van der Waals surface area contributed by atoms with Crippen LogP contribution in [0.3, 0.4) is 0 Å². The summed E-state index contributed by atoms with van der Waals surface area (Å²) in [5.74, 6) is 0. The van der Waals surface area contributed by atoms with Crippen LogP contribution in [0.1, 0.15) is 20.8 Å². The zero-order chi connectivity index (χ0) is 12.5. The van der Waals surface area contributed by atoms with Crippen molar-refractivity contribution in [2.24, 2.45) is 5.73 Å². The summed E-state index contributed by atoms with van der Waals surface area (Å²) in [6.07, 6.45) is 1.62. The largest absolute Gasteiger partial charge is 0.443 e. The van der Waals surface area contributed by atoms with Gasteiger partial charge in [-0.1, -0.05) is 23.2 Å². The molecule has 0 bridgehead atoms. The van der Waals surface area contributed by atoms with Crippen molar-refractivity contribution in [3.05, 3.63) is 22.3 Å². The molecule has 1 rings (SSSR count). The molecule has 4 nitrogen and oxygen atoms in total. The van der Waals surface area contributed by atoms with Gasteiger partial charge in [-0.25, -0.2) is 4.79 Å². The van der Waals surface area contributed by atoms with Crippen LogP contribution in [-0.2, 0) is 4.74 Å². The van der Waals surface area contributed by atoms with E-state index in [0.29, 0.717) is 5.03 Å². The standard InChI is InChI=1S/C10H14Cl2N2O2/c1-10(2,3)16-9(15)14-5-7(12)6(11)4-8(14)13/h4-5,8H,13H2,1-3H3. The topological polar surface area (TPSA) is 55.6 Å². The summed E-state index contributed by atoms with van der Waals surface area (Å²) in [6, 6.07) is 0. The molecular weight excluding hydrogens is 251 g/mol.